The van der Waals surface area contributed by atoms with Gasteiger partial charge in [0.25, 0.3) is 0 Å². The molecule has 0 spiro atoms. The maximum absolute atomic E-state index is 11.8. The molecule has 0 bridgehead atoms. The number of nitrogens with two attached hydrogens (primary N) is 2. The topological polar surface area (TPSA) is 98.2 Å². The van der Waals surface area contributed by atoms with Crippen molar-refractivity contribution in [3.8, 4) is 0 Å². The average Bonchev–Trinajstić information content (AvgIpc) is 2.42. The van der Waals surface area contributed by atoms with Gasteiger partial charge >= 0.3 is 6.03 Å². The quantitative estimate of drug-likeness (QED) is 0.582. The van der Waals surface area contributed by atoms with Crippen LogP contribution in [0.4, 0.5) is 4.79 Å². The normalized spacial score (nSPS) is 20.3. The van der Waals surface area contributed by atoms with E-state index in [1.807, 2.05) is 0 Å². The number of hydrogen-bond donors (Lipinski definition) is 3. The SMILES string of the molecule is NCC1(C(=O)NC(N)=O)CCCCCC1. The fourth-order valence-corrected chi connectivity index (χ4v) is 2.17. The zero-order valence-electron chi connectivity index (χ0n) is 8.92. The third kappa shape index (κ3) is 2.92. The molecule has 0 aliphatic heterocycles. The van der Waals surface area contributed by atoms with Crippen molar-refractivity contribution >= 4 is 11.9 Å². The second-order valence-corrected chi connectivity index (χ2v) is 4.22. The minimum absolute atomic E-state index is 0.284. The summed E-state index contributed by atoms with van der Waals surface area (Å²) in [5, 5.41) is 2.15. The first-order chi connectivity index (χ1) is 7.10. The Bertz CT molecular complexity index is 245. The summed E-state index contributed by atoms with van der Waals surface area (Å²) in [7, 11) is 0. The van der Waals surface area contributed by atoms with Crippen molar-refractivity contribution in [2.75, 3.05) is 6.54 Å². The minimum atomic E-state index is -0.794. The van der Waals surface area contributed by atoms with Gasteiger partial charge in [-0.3, -0.25) is 10.1 Å². The lowest BCUT2D eigenvalue weighted by atomic mass is 9.79. The predicted octanol–water partition coefficient (Wildman–Crippen LogP) is 0.481. The largest absolute Gasteiger partial charge is 0.351 e. The first-order valence-corrected chi connectivity index (χ1v) is 5.42. The molecule has 0 aromatic heterocycles. The van der Waals surface area contributed by atoms with Gasteiger partial charge in [0.2, 0.25) is 5.91 Å². The first-order valence-electron chi connectivity index (χ1n) is 5.42. The van der Waals surface area contributed by atoms with Crippen LogP contribution < -0.4 is 16.8 Å². The van der Waals surface area contributed by atoms with Crippen molar-refractivity contribution in [2.24, 2.45) is 16.9 Å². The van der Waals surface area contributed by atoms with Gasteiger partial charge in [-0.25, -0.2) is 4.79 Å². The van der Waals surface area contributed by atoms with Gasteiger partial charge < -0.3 is 11.5 Å². The standard InChI is InChI=1S/C10H19N3O2/c11-7-10(8(14)13-9(12)15)5-3-1-2-4-6-10/h1-7,11H2,(H3,12,13,14,15). The van der Waals surface area contributed by atoms with Gasteiger partial charge in [-0.1, -0.05) is 25.7 Å². The van der Waals surface area contributed by atoms with E-state index in [0.717, 1.165) is 38.5 Å². The smallest absolute Gasteiger partial charge is 0.318 e. The van der Waals surface area contributed by atoms with Gasteiger partial charge in [-0.2, -0.15) is 0 Å². The van der Waals surface area contributed by atoms with Crippen molar-refractivity contribution in [1.82, 2.24) is 5.32 Å². The summed E-state index contributed by atoms with van der Waals surface area (Å²) >= 11 is 0. The molecule has 0 heterocycles. The summed E-state index contributed by atoms with van der Waals surface area (Å²) in [6.07, 6.45) is 5.75. The van der Waals surface area contributed by atoms with Crippen LogP contribution in [0.3, 0.4) is 0 Å². The zero-order valence-corrected chi connectivity index (χ0v) is 8.92. The van der Waals surface area contributed by atoms with E-state index in [1.54, 1.807) is 0 Å². The third-order valence-corrected chi connectivity index (χ3v) is 3.17. The van der Waals surface area contributed by atoms with E-state index >= 15 is 0 Å². The molecule has 3 amide bonds. The van der Waals surface area contributed by atoms with Gasteiger partial charge in [0.05, 0.1) is 5.41 Å². The second-order valence-electron chi connectivity index (χ2n) is 4.22. The number of hydrogen-bond acceptors (Lipinski definition) is 3. The van der Waals surface area contributed by atoms with E-state index in [4.69, 9.17) is 11.5 Å². The molecular weight excluding hydrogens is 194 g/mol. The van der Waals surface area contributed by atoms with Gasteiger partial charge in [-0.15, -0.1) is 0 Å². The molecule has 0 saturated heterocycles. The molecule has 5 nitrogen and oxygen atoms in total. The van der Waals surface area contributed by atoms with E-state index < -0.39 is 11.4 Å². The van der Waals surface area contributed by atoms with Crippen LogP contribution in [0.1, 0.15) is 38.5 Å². The lowest BCUT2D eigenvalue weighted by molar-refractivity contribution is -0.130. The van der Waals surface area contributed by atoms with Crippen molar-refractivity contribution in [1.29, 1.82) is 0 Å². The van der Waals surface area contributed by atoms with E-state index in [-0.39, 0.29) is 12.5 Å². The van der Waals surface area contributed by atoms with Crippen LogP contribution >= 0.6 is 0 Å². The maximum atomic E-state index is 11.8. The van der Waals surface area contributed by atoms with Crippen molar-refractivity contribution in [2.45, 2.75) is 38.5 Å². The van der Waals surface area contributed by atoms with Gasteiger partial charge in [0.1, 0.15) is 0 Å². The zero-order chi connectivity index (χ0) is 11.3. The molecule has 1 rings (SSSR count). The summed E-state index contributed by atoms with van der Waals surface area (Å²) in [5.74, 6) is -0.306. The highest BCUT2D eigenvalue weighted by molar-refractivity contribution is 5.96. The predicted molar refractivity (Wildman–Crippen MR) is 56.9 cm³/mol. The molecule has 1 aliphatic rings. The summed E-state index contributed by atoms with van der Waals surface area (Å²) in [6, 6.07) is -0.794. The number of rotatable bonds is 2. The summed E-state index contributed by atoms with van der Waals surface area (Å²) in [5.41, 5.74) is 10.0. The van der Waals surface area contributed by atoms with E-state index in [1.165, 1.54) is 0 Å². The minimum Gasteiger partial charge on any atom is -0.351 e. The Kier molecular flexibility index (Phi) is 4.08. The Labute approximate surface area is 89.6 Å². The lowest BCUT2D eigenvalue weighted by Crippen LogP contribution is -2.49. The number of amides is 3. The Hall–Kier alpha value is -1.10. The van der Waals surface area contributed by atoms with Gasteiger partial charge in [-0.05, 0) is 12.8 Å². The monoisotopic (exact) mass is 213 g/mol. The Morgan fingerprint density at radius 3 is 2.07 bits per heavy atom. The molecule has 15 heavy (non-hydrogen) atoms. The number of imide groups is 1. The van der Waals surface area contributed by atoms with Crippen LogP contribution in [0.2, 0.25) is 0 Å². The summed E-state index contributed by atoms with van der Waals surface area (Å²) < 4.78 is 0. The number of carbonyl (C=O) groups excluding carboxylic acids is 2. The highest BCUT2D eigenvalue weighted by atomic mass is 16.2. The van der Waals surface area contributed by atoms with Crippen molar-refractivity contribution < 1.29 is 9.59 Å². The lowest BCUT2D eigenvalue weighted by Gasteiger charge is -2.28. The van der Waals surface area contributed by atoms with Crippen LogP contribution in [0.25, 0.3) is 0 Å². The maximum Gasteiger partial charge on any atom is 0.318 e. The molecule has 0 aromatic carbocycles. The molecule has 0 aromatic rings. The number of primary amides is 1. The van der Waals surface area contributed by atoms with Crippen LogP contribution in [0, 0.1) is 5.41 Å². The second kappa shape index (κ2) is 5.11. The molecule has 0 radical (unpaired) electrons. The van der Waals surface area contributed by atoms with Crippen molar-refractivity contribution in [3.63, 3.8) is 0 Å². The van der Waals surface area contributed by atoms with Crippen molar-refractivity contribution in [3.05, 3.63) is 0 Å². The van der Waals surface area contributed by atoms with Crippen LogP contribution in [0.5, 0.6) is 0 Å². The first kappa shape index (κ1) is 12.0. The molecule has 0 atom stereocenters. The molecule has 1 aliphatic carbocycles. The summed E-state index contributed by atoms with van der Waals surface area (Å²) in [4.78, 5) is 22.5. The molecule has 86 valence electrons. The van der Waals surface area contributed by atoms with Crippen LogP contribution in [-0.4, -0.2) is 18.5 Å². The van der Waals surface area contributed by atoms with E-state index in [9.17, 15) is 9.59 Å². The Balaban J connectivity index is 2.72. The third-order valence-electron chi connectivity index (χ3n) is 3.17. The summed E-state index contributed by atoms with van der Waals surface area (Å²) in [6.45, 7) is 0.284. The van der Waals surface area contributed by atoms with Gasteiger partial charge in [0.15, 0.2) is 0 Å². The highest BCUT2D eigenvalue weighted by Gasteiger charge is 2.37. The highest BCUT2D eigenvalue weighted by Crippen LogP contribution is 2.34. The molecular formula is C10H19N3O2. The van der Waals surface area contributed by atoms with Gasteiger partial charge in [0, 0.05) is 6.54 Å². The molecule has 1 fully saturated rings. The van der Waals surface area contributed by atoms with E-state index in [2.05, 4.69) is 5.32 Å². The Morgan fingerprint density at radius 2 is 1.67 bits per heavy atom. The Morgan fingerprint density at radius 1 is 1.13 bits per heavy atom. The number of carbonyl (C=O) groups is 2. The number of urea groups is 1. The fraction of sp³-hybridized carbons (Fsp3) is 0.800. The van der Waals surface area contributed by atoms with Crippen LogP contribution in [0.15, 0.2) is 0 Å². The molecule has 0 unspecified atom stereocenters. The molecule has 1 saturated carbocycles. The molecule has 5 heteroatoms. The van der Waals surface area contributed by atoms with E-state index in [0.29, 0.717) is 0 Å². The average molecular weight is 213 g/mol. The molecule has 5 N–H and O–H groups in total. The number of nitrogens with one attached hydrogen (secondary N) is 1. The van der Waals surface area contributed by atoms with Crippen LogP contribution in [-0.2, 0) is 4.79 Å². The fourth-order valence-electron chi connectivity index (χ4n) is 2.17.